The van der Waals surface area contributed by atoms with Gasteiger partial charge in [0, 0.05) is 24.6 Å². The molecule has 1 aromatic carbocycles. The first kappa shape index (κ1) is 15.2. The molecule has 112 valence electrons. The van der Waals surface area contributed by atoms with E-state index in [9.17, 15) is 12.8 Å². The van der Waals surface area contributed by atoms with Gasteiger partial charge in [-0.1, -0.05) is 13.8 Å². The van der Waals surface area contributed by atoms with Crippen molar-refractivity contribution in [1.29, 1.82) is 0 Å². The molecule has 0 radical (unpaired) electrons. The van der Waals surface area contributed by atoms with Crippen molar-refractivity contribution in [3.63, 3.8) is 0 Å². The second-order valence-corrected chi connectivity index (χ2v) is 7.08. The Kier molecular flexibility index (Phi) is 4.31. The first-order chi connectivity index (χ1) is 9.31. The van der Waals surface area contributed by atoms with Crippen LogP contribution in [0.4, 0.5) is 4.39 Å². The molecule has 1 atom stereocenters. The van der Waals surface area contributed by atoms with Gasteiger partial charge in [0.1, 0.15) is 0 Å². The molecule has 1 aliphatic rings. The smallest absolute Gasteiger partial charge is 0.240 e. The molecule has 0 saturated heterocycles. The molecule has 20 heavy (non-hydrogen) atoms. The summed E-state index contributed by atoms with van der Waals surface area (Å²) in [6.07, 6.45) is 0.537. The van der Waals surface area contributed by atoms with Gasteiger partial charge in [-0.25, -0.2) is 17.5 Å². The van der Waals surface area contributed by atoms with Gasteiger partial charge in [0.25, 0.3) is 0 Å². The molecule has 1 heterocycles. The lowest BCUT2D eigenvalue weighted by molar-refractivity contribution is 0.254. The summed E-state index contributed by atoms with van der Waals surface area (Å²) in [6.45, 7) is 4.41. The highest BCUT2D eigenvalue weighted by molar-refractivity contribution is 7.89. The second-order valence-electron chi connectivity index (χ2n) is 5.31. The van der Waals surface area contributed by atoms with Crippen LogP contribution in [0.5, 0.6) is 5.75 Å². The van der Waals surface area contributed by atoms with Crippen molar-refractivity contribution in [2.24, 2.45) is 11.7 Å². The highest BCUT2D eigenvalue weighted by Gasteiger charge is 2.26. The minimum absolute atomic E-state index is 0.0616. The molecule has 1 unspecified atom stereocenters. The first-order valence-corrected chi connectivity index (χ1v) is 8.01. The Balaban J connectivity index is 2.38. The Morgan fingerprint density at radius 2 is 2.20 bits per heavy atom. The van der Waals surface area contributed by atoms with Crippen LogP contribution in [0.2, 0.25) is 0 Å². The molecular formula is C13H19FN2O3S. The second kappa shape index (κ2) is 5.67. The molecule has 0 spiro atoms. The molecule has 0 bridgehead atoms. The van der Waals surface area contributed by atoms with Gasteiger partial charge < -0.3 is 10.5 Å². The molecule has 1 aromatic rings. The van der Waals surface area contributed by atoms with Crippen LogP contribution in [0.25, 0.3) is 0 Å². The van der Waals surface area contributed by atoms with E-state index in [1.165, 1.54) is 6.07 Å². The normalized spacial score (nSPS) is 18.8. The van der Waals surface area contributed by atoms with E-state index in [2.05, 4.69) is 4.72 Å². The Labute approximate surface area is 118 Å². The fourth-order valence-corrected chi connectivity index (χ4v) is 3.23. The topological polar surface area (TPSA) is 81.4 Å². The summed E-state index contributed by atoms with van der Waals surface area (Å²) in [6, 6.07) is 1.96. The maximum Gasteiger partial charge on any atom is 0.240 e. The lowest BCUT2D eigenvalue weighted by Gasteiger charge is -2.24. The van der Waals surface area contributed by atoms with Crippen LogP contribution in [0.1, 0.15) is 31.9 Å². The molecule has 0 aliphatic carbocycles. The third-order valence-electron chi connectivity index (χ3n) is 3.11. The maximum atomic E-state index is 14.0. The van der Waals surface area contributed by atoms with E-state index in [1.807, 2.05) is 13.8 Å². The zero-order valence-electron chi connectivity index (χ0n) is 11.5. The summed E-state index contributed by atoms with van der Waals surface area (Å²) in [5, 5.41) is 0. The number of hydrogen-bond acceptors (Lipinski definition) is 4. The molecule has 0 saturated carbocycles. The van der Waals surface area contributed by atoms with Gasteiger partial charge in [0.05, 0.1) is 11.5 Å². The van der Waals surface area contributed by atoms with Crippen LogP contribution in [0, 0.1) is 11.7 Å². The minimum Gasteiger partial charge on any atom is -0.490 e. The quantitative estimate of drug-likeness (QED) is 0.884. The van der Waals surface area contributed by atoms with Crippen molar-refractivity contribution >= 4 is 10.0 Å². The van der Waals surface area contributed by atoms with Crippen LogP contribution >= 0.6 is 0 Å². The van der Waals surface area contributed by atoms with E-state index in [0.29, 0.717) is 25.1 Å². The number of nitrogens with one attached hydrogen (secondary N) is 1. The summed E-state index contributed by atoms with van der Waals surface area (Å²) in [4.78, 5) is -0.115. The summed E-state index contributed by atoms with van der Waals surface area (Å²) in [5.74, 6) is -0.466. The van der Waals surface area contributed by atoms with Crippen LogP contribution in [-0.2, 0) is 10.0 Å². The Morgan fingerprint density at radius 1 is 1.50 bits per heavy atom. The van der Waals surface area contributed by atoms with Crippen molar-refractivity contribution in [2.75, 3.05) is 13.2 Å². The van der Waals surface area contributed by atoms with E-state index >= 15 is 0 Å². The van der Waals surface area contributed by atoms with Crippen LogP contribution in [-0.4, -0.2) is 21.6 Å². The predicted molar refractivity (Wildman–Crippen MR) is 73.5 cm³/mol. The van der Waals surface area contributed by atoms with Crippen molar-refractivity contribution in [3.8, 4) is 5.75 Å². The van der Waals surface area contributed by atoms with E-state index in [1.54, 1.807) is 0 Å². The first-order valence-electron chi connectivity index (χ1n) is 6.52. The standard InChI is InChI=1S/C13H19FN2O3S/c1-8(2)7-16-20(17,18)9-5-10-12(15)3-4-19-13(10)11(14)6-9/h5-6,8,12,16H,3-4,7,15H2,1-2H3. The molecule has 0 aromatic heterocycles. The van der Waals surface area contributed by atoms with E-state index in [4.69, 9.17) is 10.5 Å². The SMILES string of the molecule is CC(C)CNS(=O)(=O)c1cc(F)c2c(c1)C(N)CCO2. The average molecular weight is 302 g/mol. The number of ether oxygens (including phenoxy) is 1. The minimum atomic E-state index is -3.74. The van der Waals surface area contributed by atoms with Gasteiger partial charge in [-0.2, -0.15) is 0 Å². The number of fused-ring (bicyclic) bond motifs is 1. The lowest BCUT2D eigenvalue weighted by Crippen LogP contribution is -2.28. The molecule has 2 rings (SSSR count). The average Bonchev–Trinajstić information content (AvgIpc) is 2.37. The number of hydrogen-bond donors (Lipinski definition) is 2. The van der Waals surface area contributed by atoms with Gasteiger partial charge in [-0.15, -0.1) is 0 Å². The number of rotatable bonds is 4. The molecular weight excluding hydrogens is 283 g/mol. The van der Waals surface area contributed by atoms with Crippen molar-refractivity contribution in [2.45, 2.75) is 31.2 Å². The summed E-state index contributed by atoms with van der Waals surface area (Å²) in [7, 11) is -3.74. The third kappa shape index (κ3) is 3.11. The fourth-order valence-electron chi connectivity index (χ4n) is 1.97. The van der Waals surface area contributed by atoms with Gasteiger partial charge >= 0.3 is 0 Å². The number of halogens is 1. The summed E-state index contributed by atoms with van der Waals surface area (Å²) < 4.78 is 45.9. The van der Waals surface area contributed by atoms with Gasteiger partial charge in [-0.3, -0.25) is 0 Å². The molecule has 3 N–H and O–H groups in total. The molecule has 0 amide bonds. The van der Waals surface area contributed by atoms with E-state index < -0.39 is 21.9 Å². The zero-order valence-corrected chi connectivity index (χ0v) is 12.3. The lowest BCUT2D eigenvalue weighted by atomic mass is 10.0. The molecule has 1 aliphatic heterocycles. The molecule has 0 fully saturated rings. The van der Waals surface area contributed by atoms with Crippen molar-refractivity contribution in [1.82, 2.24) is 4.72 Å². The van der Waals surface area contributed by atoms with Gasteiger partial charge in [0.2, 0.25) is 10.0 Å². The maximum absolute atomic E-state index is 14.0. The summed E-state index contributed by atoms with van der Waals surface area (Å²) in [5.41, 5.74) is 6.29. The molecule has 5 nitrogen and oxygen atoms in total. The van der Waals surface area contributed by atoms with Crippen LogP contribution < -0.4 is 15.2 Å². The Bertz CT molecular complexity index is 602. The van der Waals surface area contributed by atoms with Crippen molar-refractivity contribution < 1.29 is 17.5 Å². The Morgan fingerprint density at radius 3 is 2.85 bits per heavy atom. The highest BCUT2D eigenvalue weighted by atomic mass is 32.2. The fraction of sp³-hybridized carbons (Fsp3) is 0.538. The number of nitrogens with two attached hydrogens (primary N) is 1. The highest BCUT2D eigenvalue weighted by Crippen LogP contribution is 2.35. The predicted octanol–water partition coefficient (Wildman–Crippen LogP) is 1.54. The zero-order chi connectivity index (χ0) is 14.9. The molecule has 7 heteroatoms. The van der Waals surface area contributed by atoms with E-state index in [0.717, 1.165) is 6.07 Å². The van der Waals surface area contributed by atoms with E-state index in [-0.39, 0.29) is 16.6 Å². The van der Waals surface area contributed by atoms with Crippen molar-refractivity contribution in [3.05, 3.63) is 23.5 Å². The Hall–Kier alpha value is -1.18. The number of sulfonamides is 1. The van der Waals surface area contributed by atoms with Crippen LogP contribution in [0.3, 0.4) is 0 Å². The largest absolute Gasteiger partial charge is 0.490 e. The van der Waals surface area contributed by atoms with Gasteiger partial charge in [-0.05, 0) is 18.1 Å². The third-order valence-corrected chi connectivity index (χ3v) is 4.52. The summed E-state index contributed by atoms with van der Waals surface area (Å²) >= 11 is 0. The van der Waals surface area contributed by atoms with Crippen LogP contribution in [0.15, 0.2) is 17.0 Å². The number of benzene rings is 1. The van der Waals surface area contributed by atoms with Gasteiger partial charge in [0.15, 0.2) is 11.6 Å². The monoisotopic (exact) mass is 302 g/mol.